The summed E-state index contributed by atoms with van der Waals surface area (Å²) in [5.41, 5.74) is 0.424. The van der Waals surface area contributed by atoms with E-state index in [-0.39, 0.29) is 11.1 Å². The first-order valence-electron chi connectivity index (χ1n) is 5.81. The van der Waals surface area contributed by atoms with Crippen LogP contribution in [0.3, 0.4) is 0 Å². The maximum atomic E-state index is 13.3. The van der Waals surface area contributed by atoms with Crippen LogP contribution in [0.2, 0.25) is 0 Å². The van der Waals surface area contributed by atoms with Gasteiger partial charge in [-0.05, 0) is 30.3 Å². The van der Waals surface area contributed by atoms with Crippen LogP contribution in [0.4, 0.5) is 4.39 Å². The molecule has 0 saturated heterocycles. The van der Waals surface area contributed by atoms with Crippen molar-refractivity contribution in [3.05, 3.63) is 64.3 Å². The first-order valence-corrected chi connectivity index (χ1v) is 5.81. The summed E-state index contributed by atoms with van der Waals surface area (Å²) in [5.74, 6) is -1.61. The quantitative estimate of drug-likeness (QED) is 0.750. The van der Waals surface area contributed by atoms with Gasteiger partial charge in [-0.25, -0.2) is 14.0 Å². The highest BCUT2D eigenvalue weighted by Gasteiger charge is 2.15. The molecule has 20 heavy (non-hydrogen) atoms. The number of aromatic nitrogens is 2. The first kappa shape index (κ1) is 12.2. The number of aromatic amines is 1. The van der Waals surface area contributed by atoms with Gasteiger partial charge in [-0.2, -0.15) is 0 Å². The second kappa shape index (κ2) is 4.34. The standard InChI is InChI=1S/C14H9FN2O3/c15-8-3-1-4-9(7-8)17-11-6-2-5-10(13(18)19)12(11)16-14(17)20/h1-7H,(H,16,20)(H,18,19). The SMILES string of the molecule is O=C(O)c1cccc2c1[nH]c(=O)n2-c1cccc(F)c1. The third-order valence-electron chi connectivity index (χ3n) is 3.02. The smallest absolute Gasteiger partial charge is 0.337 e. The molecule has 0 amide bonds. The van der Waals surface area contributed by atoms with E-state index >= 15 is 0 Å². The van der Waals surface area contributed by atoms with Crippen LogP contribution < -0.4 is 5.69 Å². The largest absolute Gasteiger partial charge is 0.478 e. The summed E-state index contributed by atoms with van der Waals surface area (Å²) >= 11 is 0. The molecule has 0 bridgehead atoms. The molecule has 0 fully saturated rings. The Labute approximate surface area is 111 Å². The number of hydrogen-bond acceptors (Lipinski definition) is 2. The van der Waals surface area contributed by atoms with Gasteiger partial charge < -0.3 is 10.1 Å². The number of rotatable bonds is 2. The molecule has 100 valence electrons. The number of carboxylic acids is 1. The van der Waals surface area contributed by atoms with E-state index in [1.54, 1.807) is 12.1 Å². The third kappa shape index (κ3) is 1.78. The predicted octanol–water partition coefficient (Wildman–Crippen LogP) is 2.16. The minimum Gasteiger partial charge on any atom is -0.478 e. The molecule has 0 radical (unpaired) electrons. The summed E-state index contributed by atoms with van der Waals surface area (Å²) < 4.78 is 14.5. The van der Waals surface area contributed by atoms with Crippen molar-refractivity contribution >= 4 is 17.0 Å². The maximum absolute atomic E-state index is 13.3. The number of carboxylic acid groups (broad SMARTS) is 1. The van der Waals surface area contributed by atoms with E-state index in [0.29, 0.717) is 11.2 Å². The van der Waals surface area contributed by atoms with Gasteiger partial charge in [0.15, 0.2) is 0 Å². The molecule has 0 aliphatic heterocycles. The summed E-state index contributed by atoms with van der Waals surface area (Å²) in [6.45, 7) is 0. The van der Waals surface area contributed by atoms with Crippen LogP contribution in [0.1, 0.15) is 10.4 Å². The molecule has 0 aliphatic carbocycles. The zero-order chi connectivity index (χ0) is 14.3. The maximum Gasteiger partial charge on any atom is 0.337 e. The van der Waals surface area contributed by atoms with Gasteiger partial charge in [0.25, 0.3) is 0 Å². The molecule has 1 heterocycles. The highest BCUT2D eigenvalue weighted by atomic mass is 19.1. The Morgan fingerprint density at radius 1 is 1.20 bits per heavy atom. The van der Waals surface area contributed by atoms with E-state index in [0.717, 1.165) is 0 Å². The van der Waals surface area contributed by atoms with Gasteiger partial charge in [0.1, 0.15) is 5.82 Å². The molecule has 0 saturated carbocycles. The second-order valence-corrected chi connectivity index (χ2v) is 4.25. The number of halogens is 1. The van der Waals surface area contributed by atoms with Crippen molar-refractivity contribution in [2.24, 2.45) is 0 Å². The van der Waals surface area contributed by atoms with Crippen molar-refractivity contribution in [1.82, 2.24) is 9.55 Å². The number of para-hydroxylation sites is 1. The zero-order valence-corrected chi connectivity index (χ0v) is 10.1. The topological polar surface area (TPSA) is 75.1 Å². The van der Waals surface area contributed by atoms with E-state index in [2.05, 4.69) is 4.98 Å². The number of nitrogens with zero attached hydrogens (tertiary/aromatic N) is 1. The molecule has 0 atom stereocenters. The molecule has 0 unspecified atom stereocenters. The summed E-state index contributed by atoms with van der Waals surface area (Å²) in [7, 11) is 0. The zero-order valence-electron chi connectivity index (χ0n) is 10.1. The van der Waals surface area contributed by atoms with Gasteiger partial charge in [-0.3, -0.25) is 4.57 Å². The Bertz CT molecular complexity index is 880. The van der Waals surface area contributed by atoms with Crippen molar-refractivity contribution in [2.75, 3.05) is 0 Å². The molecular weight excluding hydrogens is 263 g/mol. The highest BCUT2D eigenvalue weighted by molar-refractivity contribution is 6.01. The monoisotopic (exact) mass is 272 g/mol. The Balaban J connectivity index is 2.38. The van der Waals surface area contributed by atoms with E-state index < -0.39 is 17.5 Å². The minimum atomic E-state index is -1.14. The van der Waals surface area contributed by atoms with Crippen molar-refractivity contribution in [2.45, 2.75) is 0 Å². The fourth-order valence-corrected chi connectivity index (χ4v) is 2.18. The van der Waals surface area contributed by atoms with Gasteiger partial charge in [-0.1, -0.05) is 12.1 Å². The van der Waals surface area contributed by atoms with Crippen LogP contribution in [-0.4, -0.2) is 20.6 Å². The van der Waals surface area contributed by atoms with Crippen LogP contribution in [0.5, 0.6) is 0 Å². The van der Waals surface area contributed by atoms with Gasteiger partial charge in [0.05, 0.1) is 22.3 Å². The molecule has 0 aliphatic rings. The molecule has 5 nitrogen and oxygen atoms in total. The molecule has 0 spiro atoms. The van der Waals surface area contributed by atoms with E-state index in [4.69, 9.17) is 5.11 Å². The van der Waals surface area contributed by atoms with Crippen LogP contribution in [0, 0.1) is 5.82 Å². The van der Waals surface area contributed by atoms with Crippen molar-refractivity contribution in [1.29, 1.82) is 0 Å². The number of benzene rings is 2. The summed E-state index contributed by atoms with van der Waals surface area (Å²) in [6.07, 6.45) is 0. The Kier molecular flexibility index (Phi) is 2.64. The highest BCUT2D eigenvalue weighted by Crippen LogP contribution is 2.19. The number of H-pyrrole nitrogens is 1. The molecule has 3 aromatic rings. The van der Waals surface area contributed by atoms with Crippen LogP contribution in [0.25, 0.3) is 16.7 Å². The Morgan fingerprint density at radius 3 is 2.65 bits per heavy atom. The average Bonchev–Trinajstić information content (AvgIpc) is 2.74. The van der Waals surface area contributed by atoms with E-state index in [9.17, 15) is 14.0 Å². The summed E-state index contributed by atoms with van der Waals surface area (Å²) in [4.78, 5) is 25.7. The molecule has 3 rings (SSSR count). The molecule has 1 aromatic heterocycles. The normalized spacial score (nSPS) is 10.8. The van der Waals surface area contributed by atoms with E-state index in [1.807, 2.05) is 0 Å². The number of carbonyl (C=O) groups is 1. The molecule has 2 aromatic carbocycles. The van der Waals surface area contributed by atoms with Crippen LogP contribution >= 0.6 is 0 Å². The number of aromatic carboxylic acids is 1. The summed E-state index contributed by atoms with van der Waals surface area (Å²) in [5, 5.41) is 9.11. The lowest BCUT2D eigenvalue weighted by Gasteiger charge is -2.03. The lowest BCUT2D eigenvalue weighted by Crippen LogP contribution is -2.14. The first-order chi connectivity index (χ1) is 9.58. The fourth-order valence-electron chi connectivity index (χ4n) is 2.18. The number of nitrogens with one attached hydrogen (secondary N) is 1. The van der Waals surface area contributed by atoms with E-state index in [1.165, 1.54) is 34.9 Å². The molecular formula is C14H9FN2O3. The van der Waals surface area contributed by atoms with Gasteiger partial charge >= 0.3 is 11.7 Å². The predicted molar refractivity (Wildman–Crippen MR) is 70.8 cm³/mol. The van der Waals surface area contributed by atoms with Crippen molar-refractivity contribution < 1.29 is 14.3 Å². The van der Waals surface area contributed by atoms with Crippen molar-refractivity contribution in [3.8, 4) is 5.69 Å². The average molecular weight is 272 g/mol. The number of fused-ring (bicyclic) bond motifs is 1. The number of hydrogen-bond donors (Lipinski definition) is 2. The van der Waals surface area contributed by atoms with Gasteiger partial charge in [0, 0.05) is 0 Å². The Hall–Kier alpha value is -2.89. The van der Waals surface area contributed by atoms with Gasteiger partial charge in [0.2, 0.25) is 0 Å². The number of imidazole rings is 1. The second-order valence-electron chi connectivity index (χ2n) is 4.25. The van der Waals surface area contributed by atoms with Crippen LogP contribution in [0.15, 0.2) is 47.3 Å². The lowest BCUT2D eigenvalue weighted by atomic mass is 10.2. The minimum absolute atomic E-state index is 0.00486. The lowest BCUT2D eigenvalue weighted by molar-refractivity contribution is 0.0699. The fraction of sp³-hybridized carbons (Fsp3) is 0. The van der Waals surface area contributed by atoms with Crippen molar-refractivity contribution in [3.63, 3.8) is 0 Å². The molecule has 6 heteroatoms. The van der Waals surface area contributed by atoms with Crippen LogP contribution in [-0.2, 0) is 0 Å². The third-order valence-corrected chi connectivity index (χ3v) is 3.02. The summed E-state index contributed by atoms with van der Waals surface area (Å²) in [6, 6.07) is 10.1. The van der Waals surface area contributed by atoms with Gasteiger partial charge in [-0.15, -0.1) is 0 Å². The molecule has 2 N–H and O–H groups in total. The Morgan fingerprint density at radius 2 is 1.95 bits per heavy atom.